The highest BCUT2D eigenvalue weighted by Gasteiger charge is 2.37. The molecule has 0 unspecified atom stereocenters. The summed E-state index contributed by atoms with van der Waals surface area (Å²) in [6, 6.07) is 1.83. The molecule has 0 amide bonds. The van der Waals surface area contributed by atoms with Gasteiger partial charge in [-0.2, -0.15) is 0 Å². The van der Waals surface area contributed by atoms with Crippen molar-refractivity contribution in [2.24, 2.45) is 0 Å². The highest BCUT2D eigenvalue weighted by Crippen LogP contribution is 2.52. The Hall–Kier alpha value is -1.36. The lowest BCUT2D eigenvalue weighted by Crippen LogP contribution is -2.20. The first kappa shape index (κ1) is 15.5. The summed E-state index contributed by atoms with van der Waals surface area (Å²) in [5.41, 5.74) is 1.77. The molecular weight excluding hydrogens is 300 g/mol. The summed E-state index contributed by atoms with van der Waals surface area (Å²) >= 11 is 1.79. The maximum atomic E-state index is 12.6. The van der Waals surface area contributed by atoms with Crippen LogP contribution in [0.4, 0.5) is 0 Å². The average Bonchev–Trinajstić information content (AvgIpc) is 2.70. The van der Waals surface area contributed by atoms with E-state index in [1.54, 1.807) is 33.1 Å². The van der Waals surface area contributed by atoms with Crippen LogP contribution < -0.4 is 14.2 Å². The fraction of sp³-hybridized carbons (Fsp3) is 0.588. The van der Waals surface area contributed by atoms with Gasteiger partial charge in [-0.05, 0) is 18.9 Å². The summed E-state index contributed by atoms with van der Waals surface area (Å²) in [5, 5.41) is 0.492. The van der Waals surface area contributed by atoms with Crippen molar-refractivity contribution in [3.05, 3.63) is 17.2 Å². The van der Waals surface area contributed by atoms with Gasteiger partial charge in [0.1, 0.15) is 0 Å². The van der Waals surface area contributed by atoms with Gasteiger partial charge < -0.3 is 14.2 Å². The van der Waals surface area contributed by atoms with Crippen molar-refractivity contribution in [1.29, 1.82) is 0 Å². The standard InChI is InChI=1S/C17H22O4S/c1-19-13-8-11-12(18)9-22-14-7-5-4-6-10(14)15(11)17(21-3)16(13)20-2/h8,10,14H,4-7,9H2,1-3H3/t10-,14+/m0/s1. The molecule has 1 saturated carbocycles. The third-order valence-corrected chi connectivity index (χ3v) is 6.09. The van der Waals surface area contributed by atoms with Crippen molar-refractivity contribution >= 4 is 17.5 Å². The molecule has 0 spiro atoms. The first-order valence-corrected chi connectivity index (χ1v) is 8.73. The van der Waals surface area contributed by atoms with Crippen molar-refractivity contribution in [2.45, 2.75) is 36.9 Å². The van der Waals surface area contributed by atoms with Crippen molar-refractivity contribution in [2.75, 3.05) is 27.1 Å². The SMILES string of the molecule is COc1cc2c(c(OC)c1OC)[C@H]1CCCC[C@H]1SCC2=O. The highest BCUT2D eigenvalue weighted by atomic mass is 32.2. The number of rotatable bonds is 3. The Balaban J connectivity index is 2.24. The number of fused-ring (bicyclic) bond motifs is 3. The summed E-state index contributed by atoms with van der Waals surface area (Å²) in [5.74, 6) is 2.87. The van der Waals surface area contributed by atoms with Gasteiger partial charge in [0.05, 0.1) is 27.1 Å². The first-order chi connectivity index (χ1) is 10.7. The van der Waals surface area contributed by atoms with E-state index in [0.717, 1.165) is 17.5 Å². The minimum absolute atomic E-state index is 0.161. The molecule has 3 rings (SSSR count). The van der Waals surface area contributed by atoms with Crippen LogP contribution in [0.1, 0.15) is 47.5 Å². The van der Waals surface area contributed by atoms with Crippen LogP contribution in [-0.2, 0) is 0 Å². The second-order valence-corrected chi connectivity index (χ2v) is 7.00. The number of ether oxygens (including phenoxy) is 3. The van der Waals surface area contributed by atoms with Gasteiger partial charge in [0.2, 0.25) is 5.75 Å². The molecule has 1 aliphatic carbocycles. The molecule has 0 bridgehead atoms. The van der Waals surface area contributed by atoms with Gasteiger partial charge in [-0.1, -0.05) is 12.8 Å². The molecule has 4 nitrogen and oxygen atoms in total. The molecule has 1 aliphatic heterocycles. The van der Waals surface area contributed by atoms with Crippen molar-refractivity contribution in [1.82, 2.24) is 0 Å². The zero-order chi connectivity index (χ0) is 15.7. The lowest BCUT2D eigenvalue weighted by molar-refractivity contribution is 0.102. The Kier molecular flexibility index (Phi) is 4.52. The van der Waals surface area contributed by atoms with Crippen LogP contribution >= 0.6 is 11.8 Å². The van der Waals surface area contributed by atoms with Crippen LogP contribution in [0.2, 0.25) is 0 Å². The number of carbonyl (C=O) groups excluding carboxylic acids is 1. The molecule has 0 N–H and O–H groups in total. The summed E-state index contributed by atoms with van der Waals surface area (Å²) in [4.78, 5) is 12.6. The Labute approximate surface area is 135 Å². The highest BCUT2D eigenvalue weighted by molar-refractivity contribution is 8.00. The summed E-state index contributed by atoms with van der Waals surface area (Å²) in [6.07, 6.45) is 4.71. The average molecular weight is 322 g/mol. The van der Waals surface area contributed by atoms with Gasteiger partial charge in [-0.25, -0.2) is 0 Å². The molecule has 1 heterocycles. The number of ketones is 1. The lowest BCUT2D eigenvalue weighted by atomic mass is 9.80. The van der Waals surface area contributed by atoms with Gasteiger partial charge in [-0.3, -0.25) is 4.79 Å². The monoisotopic (exact) mass is 322 g/mol. The Morgan fingerprint density at radius 2 is 1.77 bits per heavy atom. The van der Waals surface area contributed by atoms with E-state index in [0.29, 0.717) is 34.2 Å². The Morgan fingerprint density at radius 3 is 2.45 bits per heavy atom. The van der Waals surface area contributed by atoms with E-state index in [-0.39, 0.29) is 5.78 Å². The third kappa shape index (κ3) is 2.45. The molecule has 22 heavy (non-hydrogen) atoms. The maximum absolute atomic E-state index is 12.6. The van der Waals surface area contributed by atoms with Gasteiger partial charge in [0.15, 0.2) is 17.3 Å². The largest absolute Gasteiger partial charge is 0.493 e. The molecule has 2 atom stereocenters. The fourth-order valence-corrected chi connectivity index (χ4v) is 5.02. The quantitative estimate of drug-likeness (QED) is 0.849. The molecule has 1 aromatic rings. The van der Waals surface area contributed by atoms with E-state index in [1.807, 2.05) is 6.07 Å². The molecule has 0 saturated heterocycles. The van der Waals surface area contributed by atoms with Crippen LogP contribution in [0, 0.1) is 0 Å². The summed E-state index contributed by atoms with van der Waals surface area (Å²) in [7, 11) is 4.83. The third-order valence-electron chi connectivity index (χ3n) is 4.67. The number of hydrogen-bond donors (Lipinski definition) is 0. The number of thioether (sulfide) groups is 1. The molecule has 1 fully saturated rings. The van der Waals surface area contributed by atoms with Crippen LogP contribution in [0.15, 0.2) is 6.07 Å². The zero-order valence-corrected chi connectivity index (χ0v) is 14.1. The van der Waals surface area contributed by atoms with E-state index in [4.69, 9.17) is 14.2 Å². The summed E-state index contributed by atoms with van der Waals surface area (Å²) < 4.78 is 16.6. The van der Waals surface area contributed by atoms with Crippen LogP contribution in [0.3, 0.4) is 0 Å². The number of Topliss-reactive ketones (excluding diaryl/α,β-unsaturated/α-hetero) is 1. The first-order valence-electron chi connectivity index (χ1n) is 7.69. The molecular formula is C17H22O4S. The number of hydrogen-bond acceptors (Lipinski definition) is 5. The predicted molar refractivity (Wildman–Crippen MR) is 87.9 cm³/mol. The van der Waals surface area contributed by atoms with Crippen molar-refractivity contribution in [3.8, 4) is 17.2 Å². The van der Waals surface area contributed by atoms with Crippen LogP contribution in [0.25, 0.3) is 0 Å². The van der Waals surface area contributed by atoms with E-state index in [9.17, 15) is 4.79 Å². The van der Waals surface area contributed by atoms with Gasteiger partial charge in [0.25, 0.3) is 0 Å². The molecule has 5 heteroatoms. The number of methoxy groups -OCH3 is 3. The van der Waals surface area contributed by atoms with E-state index >= 15 is 0 Å². The van der Waals surface area contributed by atoms with Crippen LogP contribution in [0.5, 0.6) is 17.2 Å². The second-order valence-electron chi connectivity index (χ2n) is 5.77. The molecule has 0 aromatic heterocycles. The van der Waals surface area contributed by atoms with Gasteiger partial charge in [-0.15, -0.1) is 11.8 Å². The topological polar surface area (TPSA) is 44.8 Å². The second kappa shape index (κ2) is 6.41. The minimum atomic E-state index is 0.161. The molecule has 120 valence electrons. The predicted octanol–water partition coefficient (Wildman–Crippen LogP) is 3.67. The Morgan fingerprint density at radius 1 is 1.05 bits per heavy atom. The smallest absolute Gasteiger partial charge is 0.203 e. The molecule has 1 aromatic carbocycles. The molecule has 0 radical (unpaired) electrons. The van der Waals surface area contributed by atoms with E-state index < -0.39 is 0 Å². The number of carbonyl (C=O) groups is 1. The van der Waals surface area contributed by atoms with E-state index in [2.05, 4.69) is 0 Å². The lowest BCUT2D eigenvalue weighted by Gasteiger charge is -2.31. The number of benzene rings is 1. The van der Waals surface area contributed by atoms with Crippen molar-refractivity contribution < 1.29 is 19.0 Å². The van der Waals surface area contributed by atoms with E-state index in [1.165, 1.54) is 19.3 Å². The van der Waals surface area contributed by atoms with Crippen molar-refractivity contribution in [3.63, 3.8) is 0 Å². The zero-order valence-electron chi connectivity index (χ0n) is 13.3. The fourth-order valence-electron chi connectivity index (χ4n) is 3.66. The molecule has 2 aliphatic rings. The van der Waals surface area contributed by atoms with Gasteiger partial charge >= 0.3 is 0 Å². The normalized spacial score (nSPS) is 24.0. The van der Waals surface area contributed by atoms with Crippen LogP contribution in [-0.4, -0.2) is 38.1 Å². The van der Waals surface area contributed by atoms with Gasteiger partial charge in [0, 0.05) is 22.3 Å². The Bertz CT molecular complexity index is 585. The summed E-state index contributed by atoms with van der Waals surface area (Å²) in [6.45, 7) is 0. The maximum Gasteiger partial charge on any atom is 0.203 e. The minimum Gasteiger partial charge on any atom is -0.493 e.